The van der Waals surface area contributed by atoms with Crippen LogP contribution < -0.4 is 5.32 Å². The van der Waals surface area contributed by atoms with Gasteiger partial charge in [-0.1, -0.05) is 6.07 Å². The average Bonchev–Trinajstić information content (AvgIpc) is 2.30. The van der Waals surface area contributed by atoms with E-state index in [0.717, 1.165) is 12.1 Å². The maximum atomic E-state index is 12.9. The predicted octanol–water partition coefficient (Wildman–Crippen LogP) is 0.798. The Labute approximate surface area is 92.7 Å². The van der Waals surface area contributed by atoms with E-state index in [-0.39, 0.29) is 19.8 Å². The van der Waals surface area contributed by atoms with Crippen molar-refractivity contribution in [1.29, 1.82) is 0 Å². The minimum absolute atomic E-state index is 0.243. The summed E-state index contributed by atoms with van der Waals surface area (Å²) in [6.07, 6.45) is 0. The normalized spacial score (nSPS) is 11.8. The summed E-state index contributed by atoms with van der Waals surface area (Å²) in [6.45, 7) is 1.39. The zero-order valence-corrected chi connectivity index (χ0v) is 9.00. The van der Waals surface area contributed by atoms with Crippen LogP contribution in [0.15, 0.2) is 18.2 Å². The average molecular weight is 231 g/mol. The fraction of sp³-hybridized carbons (Fsp3) is 0.455. The first kappa shape index (κ1) is 13.0. The van der Waals surface area contributed by atoms with Gasteiger partial charge in [0, 0.05) is 6.54 Å². The van der Waals surface area contributed by atoms with Crippen LogP contribution in [0.2, 0.25) is 0 Å². The number of aliphatic hydroxyl groups excluding tert-OH is 2. The van der Waals surface area contributed by atoms with Crippen LogP contribution in [0, 0.1) is 11.6 Å². The first-order chi connectivity index (χ1) is 7.50. The fourth-order valence-corrected chi connectivity index (χ4v) is 1.13. The Morgan fingerprint density at radius 2 is 1.81 bits per heavy atom. The lowest BCUT2D eigenvalue weighted by Gasteiger charge is -2.26. The molecule has 5 heteroatoms. The molecule has 0 saturated carbocycles. The second-order valence-electron chi connectivity index (χ2n) is 3.98. The standard InChI is InChI=1S/C11H15F2NO2/c1-11(6-15,7-16)14-5-8-2-3-9(12)10(13)4-8/h2-4,14-16H,5-7H2,1H3. The van der Waals surface area contributed by atoms with Gasteiger partial charge in [0.15, 0.2) is 11.6 Å². The molecule has 1 rings (SSSR count). The molecule has 0 aliphatic heterocycles. The quantitative estimate of drug-likeness (QED) is 0.702. The number of halogens is 2. The molecule has 0 atom stereocenters. The van der Waals surface area contributed by atoms with Crippen LogP contribution in [0.25, 0.3) is 0 Å². The number of aliphatic hydroxyl groups is 2. The summed E-state index contributed by atoms with van der Waals surface area (Å²) in [7, 11) is 0. The molecule has 0 heterocycles. The summed E-state index contributed by atoms with van der Waals surface area (Å²) in [5, 5.41) is 20.9. The molecule has 90 valence electrons. The van der Waals surface area contributed by atoms with Crippen molar-refractivity contribution in [3.8, 4) is 0 Å². The molecule has 3 N–H and O–H groups in total. The fourth-order valence-electron chi connectivity index (χ4n) is 1.13. The molecular formula is C11H15F2NO2. The van der Waals surface area contributed by atoms with Crippen molar-refractivity contribution in [1.82, 2.24) is 5.32 Å². The number of hydrogen-bond acceptors (Lipinski definition) is 3. The highest BCUT2D eigenvalue weighted by Gasteiger charge is 2.21. The Morgan fingerprint density at radius 3 is 2.31 bits per heavy atom. The molecule has 0 bridgehead atoms. The lowest BCUT2D eigenvalue weighted by atomic mass is 10.0. The molecule has 3 nitrogen and oxygen atoms in total. The molecule has 0 radical (unpaired) electrons. The van der Waals surface area contributed by atoms with Crippen LogP contribution in [0.3, 0.4) is 0 Å². The van der Waals surface area contributed by atoms with Crippen molar-refractivity contribution in [2.75, 3.05) is 13.2 Å². The van der Waals surface area contributed by atoms with E-state index in [1.165, 1.54) is 6.07 Å². The zero-order chi connectivity index (χ0) is 12.2. The molecule has 0 spiro atoms. The smallest absolute Gasteiger partial charge is 0.159 e. The third-order valence-electron chi connectivity index (χ3n) is 2.40. The topological polar surface area (TPSA) is 52.5 Å². The van der Waals surface area contributed by atoms with E-state index in [4.69, 9.17) is 10.2 Å². The van der Waals surface area contributed by atoms with Crippen LogP contribution in [0.1, 0.15) is 12.5 Å². The van der Waals surface area contributed by atoms with Crippen LogP contribution in [-0.2, 0) is 6.54 Å². The molecule has 0 aliphatic rings. The minimum Gasteiger partial charge on any atom is -0.394 e. The van der Waals surface area contributed by atoms with Crippen LogP contribution in [-0.4, -0.2) is 29.0 Å². The molecule has 0 fully saturated rings. The Bertz CT molecular complexity index is 354. The van der Waals surface area contributed by atoms with E-state index in [0.29, 0.717) is 5.56 Å². The van der Waals surface area contributed by atoms with Gasteiger partial charge in [0.25, 0.3) is 0 Å². The number of nitrogens with one attached hydrogen (secondary N) is 1. The van der Waals surface area contributed by atoms with Gasteiger partial charge >= 0.3 is 0 Å². The van der Waals surface area contributed by atoms with Gasteiger partial charge in [-0.05, 0) is 24.6 Å². The highest BCUT2D eigenvalue weighted by molar-refractivity contribution is 5.17. The number of hydrogen-bond donors (Lipinski definition) is 3. The van der Waals surface area contributed by atoms with Crippen molar-refractivity contribution in [3.05, 3.63) is 35.4 Å². The Kier molecular flexibility index (Phi) is 4.35. The van der Waals surface area contributed by atoms with E-state index in [9.17, 15) is 8.78 Å². The highest BCUT2D eigenvalue weighted by atomic mass is 19.2. The summed E-state index contributed by atoms with van der Waals surface area (Å²) < 4.78 is 25.5. The van der Waals surface area contributed by atoms with Crippen LogP contribution >= 0.6 is 0 Å². The van der Waals surface area contributed by atoms with E-state index in [2.05, 4.69) is 5.32 Å². The van der Waals surface area contributed by atoms with Gasteiger partial charge in [-0.25, -0.2) is 8.78 Å². The molecule has 0 amide bonds. The van der Waals surface area contributed by atoms with Crippen molar-refractivity contribution in [2.24, 2.45) is 0 Å². The molecule has 1 aromatic rings. The molecule has 16 heavy (non-hydrogen) atoms. The number of rotatable bonds is 5. The Balaban J connectivity index is 2.64. The maximum Gasteiger partial charge on any atom is 0.159 e. The monoisotopic (exact) mass is 231 g/mol. The second kappa shape index (κ2) is 5.34. The molecule has 0 saturated heterocycles. The third-order valence-corrected chi connectivity index (χ3v) is 2.40. The Hall–Kier alpha value is -1.04. The molecule has 0 aromatic heterocycles. The molecular weight excluding hydrogens is 216 g/mol. The first-order valence-corrected chi connectivity index (χ1v) is 4.91. The van der Waals surface area contributed by atoms with Crippen molar-refractivity contribution < 1.29 is 19.0 Å². The Morgan fingerprint density at radius 1 is 1.19 bits per heavy atom. The lowest BCUT2D eigenvalue weighted by Crippen LogP contribution is -2.48. The first-order valence-electron chi connectivity index (χ1n) is 4.91. The summed E-state index contributed by atoms with van der Waals surface area (Å²) in [5.74, 6) is -1.80. The van der Waals surface area contributed by atoms with Crippen molar-refractivity contribution in [2.45, 2.75) is 19.0 Å². The van der Waals surface area contributed by atoms with E-state index >= 15 is 0 Å². The van der Waals surface area contributed by atoms with Gasteiger partial charge in [-0.3, -0.25) is 0 Å². The summed E-state index contributed by atoms with van der Waals surface area (Å²) in [6, 6.07) is 3.57. The predicted molar refractivity (Wildman–Crippen MR) is 55.8 cm³/mol. The van der Waals surface area contributed by atoms with Gasteiger partial charge < -0.3 is 15.5 Å². The maximum absolute atomic E-state index is 12.9. The van der Waals surface area contributed by atoms with E-state index < -0.39 is 17.2 Å². The lowest BCUT2D eigenvalue weighted by molar-refractivity contribution is 0.103. The largest absolute Gasteiger partial charge is 0.394 e. The second-order valence-corrected chi connectivity index (χ2v) is 3.98. The van der Waals surface area contributed by atoms with Gasteiger partial charge in [-0.2, -0.15) is 0 Å². The summed E-state index contributed by atoms with van der Waals surface area (Å²) >= 11 is 0. The number of benzene rings is 1. The molecule has 0 aliphatic carbocycles. The zero-order valence-electron chi connectivity index (χ0n) is 9.00. The van der Waals surface area contributed by atoms with Gasteiger partial charge in [0.2, 0.25) is 0 Å². The molecule has 0 unspecified atom stereocenters. The van der Waals surface area contributed by atoms with Crippen LogP contribution in [0.5, 0.6) is 0 Å². The highest BCUT2D eigenvalue weighted by Crippen LogP contribution is 2.10. The van der Waals surface area contributed by atoms with Crippen molar-refractivity contribution >= 4 is 0 Å². The summed E-state index contributed by atoms with van der Waals surface area (Å²) in [4.78, 5) is 0. The third kappa shape index (κ3) is 3.23. The van der Waals surface area contributed by atoms with Crippen LogP contribution in [0.4, 0.5) is 8.78 Å². The van der Waals surface area contributed by atoms with E-state index in [1.807, 2.05) is 0 Å². The van der Waals surface area contributed by atoms with E-state index in [1.54, 1.807) is 6.92 Å². The molecule has 1 aromatic carbocycles. The van der Waals surface area contributed by atoms with Gasteiger partial charge in [-0.15, -0.1) is 0 Å². The SMILES string of the molecule is CC(CO)(CO)NCc1ccc(F)c(F)c1. The summed E-state index contributed by atoms with van der Waals surface area (Å²) in [5.41, 5.74) is -0.280. The van der Waals surface area contributed by atoms with Gasteiger partial charge in [0.05, 0.1) is 18.8 Å². The minimum atomic E-state index is -0.908. The van der Waals surface area contributed by atoms with Crippen molar-refractivity contribution in [3.63, 3.8) is 0 Å². The van der Waals surface area contributed by atoms with Gasteiger partial charge in [0.1, 0.15) is 0 Å².